The van der Waals surface area contributed by atoms with E-state index >= 15 is 0 Å². The summed E-state index contributed by atoms with van der Waals surface area (Å²) in [6.07, 6.45) is -11.3. The van der Waals surface area contributed by atoms with Crippen molar-refractivity contribution >= 4 is 52.2 Å². The van der Waals surface area contributed by atoms with Crippen LogP contribution in [0.1, 0.15) is 47.4 Å². The second-order valence-corrected chi connectivity index (χ2v) is 11.8. The third-order valence-corrected chi connectivity index (χ3v) is 7.12. The number of benzene rings is 2. The molecule has 24 heteroatoms. The first-order valence-corrected chi connectivity index (χ1v) is 15.7. The van der Waals surface area contributed by atoms with Crippen molar-refractivity contribution in [2.24, 2.45) is 5.73 Å². The molecular weight excluding hydrogens is 779 g/mol. The molecule has 0 saturated heterocycles. The van der Waals surface area contributed by atoms with E-state index in [0.29, 0.717) is 17.9 Å². The zero-order chi connectivity index (χ0) is 43.2. The average Bonchev–Trinajstić information content (AvgIpc) is 3.07. The number of alkyl halides is 9. The van der Waals surface area contributed by atoms with E-state index in [1.807, 2.05) is 68.4 Å². The van der Waals surface area contributed by atoms with Crippen LogP contribution in [0.2, 0.25) is 0 Å². The molecule has 3 aromatic rings. The minimum Gasteiger partial charge on any atom is -0.475 e. The smallest absolute Gasteiger partial charge is 0.475 e. The van der Waals surface area contributed by atoms with Crippen LogP contribution in [-0.2, 0) is 20.9 Å². The number of hydrogen-bond donors (Lipinski definition) is 8. The topological polar surface area (TPSA) is 244 Å². The number of amides is 1. The first-order valence-electron chi connectivity index (χ1n) is 15.7. The fourth-order valence-corrected chi connectivity index (χ4v) is 4.48. The third-order valence-electron chi connectivity index (χ3n) is 7.12. The predicted octanol–water partition coefficient (Wildman–Crippen LogP) is 5.04. The molecule has 56 heavy (non-hydrogen) atoms. The molecule has 1 aliphatic rings. The number of nitrogens with two attached hydrogens (primary N) is 1. The number of anilines is 2. The lowest BCUT2D eigenvalue weighted by Crippen LogP contribution is -2.50. The van der Waals surface area contributed by atoms with Gasteiger partial charge in [-0.2, -0.15) is 39.5 Å². The monoisotopic (exact) mass is 816 g/mol. The van der Waals surface area contributed by atoms with E-state index in [4.69, 9.17) is 40.8 Å². The Labute approximate surface area is 311 Å². The van der Waals surface area contributed by atoms with Gasteiger partial charge in [-0.05, 0) is 49.6 Å². The second-order valence-electron chi connectivity index (χ2n) is 11.8. The zero-order valence-corrected chi connectivity index (χ0v) is 29.5. The van der Waals surface area contributed by atoms with Gasteiger partial charge < -0.3 is 41.9 Å². The Morgan fingerprint density at radius 2 is 1.27 bits per heavy atom. The van der Waals surface area contributed by atoms with Gasteiger partial charge in [0.1, 0.15) is 5.82 Å². The number of carboxylic acid groups (broad SMARTS) is 3. The van der Waals surface area contributed by atoms with Gasteiger partial charge in [-0.15, -0.1) is 0 Å². The number of aliphatic carboxylic acids is 3. The van der Waals surface area contributed by atoms with Crippen molar-refractivity contribution in [2.75, 3.05) is 24.3 Å². The van der Waals surface area contributed by atoms with E-state index in [1.54, 1.807) is 0 Å². The number of aromatic nitrogens is 2. The number of halogens is 9. The molecule has 1 aliphatic carbocycles. The lowest BCUT2D eigenvalue weighted by molar-refractivity contribution is -0.193. The SMILES string of the molecule is Cc1ccc2nc(C(=O)NCc3ccc(N(C)C)cc3)nc(NC3CCCCC3NC(=N)N)c2c1.O=C(O)C(F)(F)F.O=C(O)C(F)(F)F.O=C(O)C(F)(F)F. The second kappa shape index (κ2) is 20.5. The highest BCUT2D eigenvalue weighted by Crippen LogP contribution is 2.27. The van der Waals surface area contributed by atoms with Gasteiger partial charge in [0.15, 0.2) is 5.96 Å². The van der Waals surface area contributed by atoms with Crippen LogP contribution in [-0.4, -0.2) is 99.8 Å². The number of carbonyl (C=O) groups excluding carboxylic acids is 1. The van der Waals surface area contributed by atoms with Crippen LogP contribution in [0.5, 0.6) is 0 Å². The molecule has 1 amide bonds. The first kappa shape index (κ1) is 47.9. The molecule has 0 spiro atoms. The first-order chi connectivity index (χ1) is 25.6. The van der Waals surface area contributed by atoms with Gasteiger partial charge in [0.2, 0.25) is 5.82 Å². The van der Waals surface area contributed by atoms with Crippen LogP contribution in [0.15, 0.2) is 42.5 Å². The van der Waals surface area contributed by atoms with Crippen molar-refractivity contribution in [2.45, 2.75) is 69.8 Å². The molecule has 1 heterocycles. The lowest BCUT2D eigenvalue weighted by Gasteiger charge is -2.33. The number of guanidine groups is 1. The van der Waals surface area contributed by atoms with E-state index in [0.717, 1.165) is 47.9 Å². The van der Waals surface area contributed by atoms with Crippen LogP contribution >= 0.6 is 0 Å². The van der Waals surface area contributed by atoms with E-state index in [1.165, 1.54) is 0 Å². The van der Waals surface area contributed by atoms with Gasteiger partial charge in [0, 0.05) is 43.8 Å². The molecule has 310 valence electrons. The van der Waals surface area contributed by atoms with Crippen molar-refractivity contribution in [1.29, 1.82) is 5.41 Å². The number of aryl methyl sites for hydroxylation is 1. The van der Waals surface area contributed by atoms with Crippen molar-refractivity contribution in [3.05, 3.63) is 59.4 Å². The van der Waals surface area contributed by atoms with Gasteiger partial charge in [0.05, 0.1) is 5.52 Å². The molecule has 1 fully saturated rings. The Morgan fingerprint density at radius 1 is 0.804 bits per heavy atom. The standard InChI is InChI=1S/C26H34N8O.3C2HF3O2/c1-16-8-13-20-19(14-16)23(31-21-6-4-5-7-22(21)32-26(27)28)33-24(30-20)25(35)29-15-17-9-11-18(12-10-17)34(2)3;3*3-2(4,5)1(6)7/h8-14,21-22H,4-7,15H2,1-3H3,(H,29,35)(H4,27,28,32)(H,30,31,33);3*(H,6,7). The predicted molar refractivity (Wildman–Crippen MR) is 182 cm³/mol. The fourth-order valence-electron chi connectivity index (χ4n) is 4.48. The summed E-state index contributed by atoms with van der Waals surface area (Å²) in [7, 11) is 3.99. The lowest BCUT2D eigenvalue weighted by atomic mass is 9.90. The van der Waals surface area contributed by atoms with E-state index in [-0.39, 0.29) is 29.8 Å². The molecule has 0 bridgehead atoms. The van der Waals surface area contributed by atoms with Crippen molar-refractivity contribution < 1.29 is 74.0 Å². The average molecular weight is 817 g/mol. The van der Waals surface area contributed by atoms with Crippen LogP contribution in [0.25, 0.3) is 10.9 Å². The number of rotatable bonds is 7. The molecule has 2 unspecified atom stereocenters. The fraction of sp³-hybridized carbons (Fsp3) is 0.406. The Kier molecular flexibility index (Phi) is 17.6. The third kappa shape index (κ3) is 16.9. The maximum absolute atomic E-state index is 13.0. The summed E-state index contributed by atoms with van der Waals surface area (Å²) in [4.78, 5) is 50.9. The number of carboxylic acids is 3. The maximum atomic E-state index is 13.0. The summed E-state index contributed by atoms with van der Waals surface area (Å²) in [5, 5.41) is 39.5. The largest absolute Gasteiger partial charge is 0.490 e. The van der Waals surface area contributed by atoms with Gasteiger partial charge in [0.25, 0.3) is 5.91 Å². The van der Waals surface area contributed by atoms with Gasteiger partial charge in [-0.3, -0.25) is 10.2 Å². The van der Waals surface area contributed by atoms with Gasteiger partial charge in [-0.1, -0.05) is 36.6 Å². The van der Waals surface area contributed by atoms with Gasteiger partial charge >= 0.3 is 36.4 Å². The number of hydrogen-bond acceptors (Lipinski definition) is 9. The summed E-state index contributed by atoms with van der Waals surface area (Å²) >= 11 is 0. The molecule has 2 aromatic carbocycles. The Hall–Kier alpha value is -6.10. The molecule has 2 atom stereocenters. The van der Waals surface area contributed by atoms with Crippen molar-refractivity contribution in [3.63, 3.8) is 0 Å². The van der Waals surface area contributed by atoms with Crippen LogP contribution in [0, 0.1) is 12.3 Å². The molecule has 0 radical (unpaired) electrons. The molecular formula is C32H37F9N8O7. The maximum Gasteiger partial charge on any atom is 0.490 e. The minimum absolute atomic E-state index is 0.0264. The molecule has 0 aliphatic heterocycles. The quantitative estimate of drug-likeness (QED) is 0.0887. The number of fused-ring (bicyclic) bond motifs is 1. The summed E-state index contributed by atoms with van der Waals surface area (Å²) in [5.74, 6) is -7.88. The van der Waals surface area contributed by atoms with Crippen LogP contribution in [0.3, 0.4) is 0 Å². The minimum atomic E-state index is -5.08. The molecule has 15 nitrogen and oxygen atoms in total. The Morgan fingerprint density at radius 3 is 1.70 bits per heavy atom. The summed E-state index contributed by atoms with van der Waals surface area (Å²) < 4.78 is 95.2. The molecule has 1 saturated carbocycles. The highest BCUT2D eigenvalue weighted by molar-refractivity contribution is 5.96. The molecule has 1 aromatic heterocycles. The van der Waals surface area contributed by atoms with E-state index in [2.05, 4.69) is 25.9 Å². The van der Waals surface area contributed by atoms with Crippen molar-refractivity contribution in [1.82, 2.24) is 20.6 Å². The van der Waals surface area contributed by atoms with E-state index in [9.17, 15) is 44.3 Å². The summed E-state index contributed by atoms with van der Waals surface area (Å²) in [6, 6.07) is 14.0. The summed E-state index contributed by atoms with van der Waals surface area (Å²) in [5.41, 5.74) is 9.52. The molecule has 4 rings (SSSR count). The van der Waals surface area contributed by atoms with Crippen molar-refractivity contribution in [3.8, 4) is 0 Å². The number of carbonyl (C=O) groups is 4. The van der Waals surface area contributed by atoms with Gasteiger partial charge in [-0.25, -0.2) is 24.4 Å². The normalized spacial score (nSPS) is 15.2. The zero-order valence-electron chi connectivity index (χ0n) is 29.5. The highest BCUT2D eigenvalue weighted by Gasteiger charge is 2.39. The Balaban J connectivity index is 0.000000610. The number of nitrogens with zero attached hydrogens (tertiary/aromatic N) is 3. The number of nitrogens with one attached hydrogen (secondary N) is 4. The van der Waals surface area contributed by atoms with Crippen LogP contribution in [0.4, 0.5) is 51.0 Å². The highest BCUT2D eigenvalue weighted by atomic mass is 19.4. The van der Waals surface area contributed by atoms with E-state index < -0.39 is 36.4 Å². The summed E-state index contributed by atoms with van der Waals surface area (Å²) in [6.45, 7) is 2.41. The van der Waals surface area contributed by atoms with Crippen LogP contribution < -0.4 is 26.6 Å². The molecule has 9 N–H and O–H groups in total. The Bertz CT molecular complexity index is 1760.